The monoisotopic (exact) mass is 334 g/mol. The lowest BCUT2D eigenvalue weighted by molar-refractivity contribution is 0.258. The Balaban J connectivity index is 3.10. The maximum absolute atomic E-state index is 10.4. The molecule has 0 bridgehead atoms. The molecular formula is C17H35O4P. The van der Waals surface area contributed by atoms with Gasteiger partial charge in [-0.25, -0.2) is 4.57 Å². The van der Waals surface area contributed by atoms with Crippen LogP contribution in [-0.4, -0.2) is 9.79 Å². The second kappa shape index (κ2) is 15.6. The Morgan fingerprint density at radius 1 is 0.773 bits per heavy atom. The summed E-state index contributed by atoms with van der Waals surface area (Å²) in [6.45, 7) is 2.26. The molecule has 0 heterocycles. The van der Waals surface area contributed by atoms with Crippen LogP contribution in [-0.2, 0) is 9.09 Å². The van der Waals surface area contributed by atoms with Crippen molar-refractivity contribution in [1.29, 1.82) is 0 Å². The molecule has 0 aromatic carbocycles. The van der Waals surface area contributed by atoms with Crippen molar-refractivity contribution in [1.82, 2.24) is 0 Å². The topological polar surface area (TPSA) is 66.8 Å². The molecular weight excluding hydrogens is 299 g/mol. The highest BCUT2D eigenvalue weighted by Gasteiger charge is 2.10. The van der Waals surface area contributed by atoms with E-state index in [1.165, 1.54) is 77.0 Å². The van der Waals surface area contributed by atoms with Gasteiger partial charge in [-0.2, -0.15) is 0 Å². The van der Waals surface area contributed by atoms with E-state index in [4.69, 9.17) is 9.79 Å². The maximum atomic E-state index is 10.4. The minimum atomic E-state index is -4.34. The van der Waals surface area contributed by atoms with E-state index >= 15 is 0 Å². The fraction of sp³-hybridized carbons (Fsp3) is 0.882. The van der Waals surface area contributed by atoms with E-state index in [-0.39, 0.29) is 0 Å². The molecule has 0 rings (SSSR count). The summed E-state index contributed by atoms with van der Waals surface area (Å²) in [5, 5.41) is 0. The van der Waals surface area contributed by atoms with Crippen molar-refractivity contribution in [3.63, 3.8) is 0 Å². The molecule has 132 valence electrons. The minimum Gasteiger partial charge on any atom is -0.413 e. The molecule has 4 nitrogen and oxygen atoms in total. The average molecular weight is 334 g/mol. The zero-order valence-electron chi connectivity index (χ0n) is 14.2. The third kappa shape index (κ3) is 19.7. The Hall–Kier alpha value is -0.310. The van der Waals surface area contributed by atoms with Crippen molar-refractivity contribution >= 4 is 7.82 Å². The molecule has 22 heavy (non-hydrogen) atoms. The molecule has 2 N–H and O–H groups in total. The largest absolute Gasteiger partial charge is 0.524 e. The summed E-state index contributed by atoms with van der Waals surface area (Å²) in [6.07, 6.45) is 20.8. The summed E-state index contributed by atoms with van der Waals surface area (Å²) in [5.41, 5.74) is 0. The molecule has 0 aromatic rings. The first kappa shape index (κ1) is 21.7. The first-order valence-electron chi connectivity index (χ1n) is 8.95. The molecule has 0 amide bonds. The van der Waals surface area contributed by atoms with Gasteiger partial charge in [-0.05, 0) is 18.9 Å². The molecule has 0 atom stereocenters. The minimum absolute atomic E-state index is 0.817. The van der Waals surface area contributed by atoms with Gasteiger partial charge in [-0.3, -0.25) is 9.79 Å². The van der Waals surface area contributed by atoms with E-state index in [1.807, 2.05) is 0 Å². The van der Waals surface area contributed by atoms with Crippen LogP contribution in [0.2, 0.25) is 0 Å². The number of hydrogen-bond donors (Lipinski definition) is 2. The molecule has 0 aromatic heterocycles. The van der Waals surface area contributed by atoms with Crippen LogP contribution in [0.25, 0.3) is 0 Å². The van der Waals surface area contributed by atoms with E-state index < -0.39 is 7.82 Å². The van der Waals surface area contributed by atoms with Crippen LogP contribution in [0, 0.1) is 0 Å². The predicted octanol–water partition coefficient (Wildman–Crippen LogP) is 6.09. The molecule has 5 heteroatoms. The number of phosphoric ester groups is 1. The van der Waals surface area contributed by atoms with Gasteiger partial charge in [-0.15, -0.1) is 0 Å². The highest BCUT2D eigenvalue weighted by Crippen LogP contribution is 2.35. The van der Waals surface area contributed by atoms with Crippen molar-refractivity contribution < 1.29 is 18.9 Å². The first-order chi connectivity index (χ1) is 10.6. The summed E-state index contributed by atoms with van der Waals surface area (Å²) in [6, 6.07) is 0. The van der Waals surface area contributed by atoms with Gasteiger partial charge in [0.1, 0.15) is 0 Å². The van der Waals surface area contributed by atoms with Gasteiger partial charge in [0.2, 0.25) is 0 Å². The van der Waals surface area contributed by atoms with Crippen molar-refractivity contribution in [3.8, 4) is 0 Å². The van der Waals surface area contributed by atoms with E-state index in [2.05, 4.69) is 11.4 Å². The molecule has 0 spiro atoms. The number of allylic oxidation sites excluding steroid dienone is 1. The zero-order valence-corrected chi connectivity index (χ0v) is 15.1. The van der Waals surface area contributed by atoms with E-state index in [0.29, 0.717) is 0 Å². The summed E-state index contributed by atoms with van der Waals surface area (Å²) in [5.74, 6) is 0. The molecule has 0 radical (unpaired) electrons. The standard InChI is InChI=1S/C17H35O4P/c1-2-3-4-5-6-7-8-9-10-11-12-13-14-15-16-17-21-22(18,19)20/h16-17H,2-15H2,1H3,(H2,18,19,20). The van der Waals surface area contributed by atoms with Crippen LogP contribution in [0.4, 0.5) is 0 Å². The Morgan fingerprint density at radius 2 is 1.18 bits per heavy atom. The normalized spacial score (nSPS) is 12.1. The highest BCUT2D eigenvalue weighted by atomic mass is 31.2. The third-order valence-corrected chi connectivity index (χ3v) is 4.17. The fourth-order valence-corrected chi connectivity index (χ4v) is 2.71. The lowest BCUT2D eigenvalue weighted by Gasteiger charge is -2.02. The SMILES string of the molecule is CCCCCCCCCCCCCCCC=COP(=O)(O)O. The zero-order chi connectivity index (χ0) is 16.5. The lowest BCUT2D eigenvalue weighted by Crippen LogP contribution is -1.83. The number of unbranched alkanes of at least 4 members (excludes halogenated alkanes) is 13. The van der Waals surface area contributed by atoms with Gasteiger partial charge >= 0.3 is 7.82 Å². The number of hydrogen-bond acceptors (Lipinski definition) is 2. The van der Waals surface area contributed by atoms with Crippen molar-refractivity contribution in [2.45, 2.75) is 96.8 Å². The quantitative estimate of drug-likeness (QED) is 0.203. The van der Waals surface area contributed by atoms with Gasteiger partial charge in [0.05, 0.1) is 6.26 Å². The van der Waals surface area contributed by atoms with Crippen LogP contribution < -0.4 is 0 Å². The second-order valence-corrected chi connectivity index (χ2v) is 7.19. The molecule has 0 aliphatic heterocycles. The molecule has 0 aliphatic rings. The highest BCUT2D eigenvalue weighted by molar-refractivity contribution is 7.46. The van der Waals surface area contributed by atoms with Gasteiger partial charge < -0.3 is 4.52 Å². The number of phosphoric acid groups is 1. The Kier molecular flexibility index (Phi) is 15.4. The van der Waals surface area contributed by atoms with Crippen LogP contribution in [0.1, 0.15) is 96.8 Å². The van der Waals surface area contributed by atoms with Crippen molar-refractivity contribution in [2.24, 2.45) is 0 Å². The van der Waals surface area contributed by atoms with Crippen LogP contribution in [0.5, 0.6) is 0 Å². The Labute approximate surface area is 136 Å². The summed E-state index contributed by atoms with van der Waals surface area (Å²) < 4.78 is 14.6. The molecule has 0 aliphatic carbocycles. The molecule has 0 fully saturated rings. The van der Waals surface area contributed by atoms with Crippen molar-refractivity contribution in [3.05, 3.63) is 12.3 Å². The lowest BCUT2D eigenvalue weighted by atomic mass is 10.0. The van der Waals surface area contributed by atoms with Gasteiger partial charge in [0, 0.05) is 0 Å². The molecule has 0 saturated carbocycles. The van der Waals surface area contributed by atoms with Crippen molar-refractivity contribution in [2.75, 3.05) is 0 Å². The maximum Gasteiger partial charge on any atom is 0.524 e. The fourth-order valence-electron chi connectivity index (χ4n) is 2.47. The van der Waals surface area contributed by atoms with E-state index in [9.17, 15) is 4.57 Å². The second-order valence-electron chi connectivity index (χ2n) is 6.00. The van der Waals surface area contributed by atoms with Crippen LogP contribution in [0.3, 0.4) is 0 Å². The molecule has 0 saturated heterocycles. The summed E-state index contributed by atoms with van der Waals surface area (Å²) in [4.78, 5) is 16.9. The average Bonchev–Trinajstić information content (AvgIpc) is 2.45. The smallest absolute Gasteiger partial charge is 0.413 e. The third-order valence-electron chi connectivity index (χ3n) is 3.77. The Bertz CT molecular complexity index is 299. The van der Waals surface area contributed by atoms with Gasteiger partial charge in [0.25, 0.3) is 0 Å². The van der Waals surface area contributed by atoms with Crippen LogP contribution in [0.15, 0.2) is 12.3 Å². The molecule has 0 unspecified atom stereocenters. The summed E-state index contributed by atoms with van der Waals surface area (Å²) in [7, 11) is -4.34. The number of rotatable bonds is 16. The van der Waals surface area contributed by atoms with E-state index in [0.717, 1.165) is 19.1 Å². The van der Waals surface area contributed by atoms with Gasteiger partial charge in [0.15, 0.2) is 0 Å². The van der Waals surface area contributed by atoms with Gasteiger partial charge in [-0.1, -0.05) is 84.0 Å². The van der Waals surface area contributed by atoms with E-state index in [1.54, 1.807) is 6.08 Å². The first-order valence-corrected chi connectivity index (χ1v) is 10.5. The van der Waals surface area contributed by atoms with Crippen LogP contribution >= 0.6 is 7.82 Å². The predicted molar refractivity (Wildman–Crippen MR) is 92.6 cm³/mol. The summed E-state index contributed by atoms with van der Waals surface area (Å²) >= 11 is 0. The Morgan fingerprint density at radius 3 is 1.59 bits per heavy atom.